The zero-order valence-electron chi connectivity index (χ0n) is 7.90. The molecule has 5 heteroatoms. The summed E-state index contributed by atoms with van der Waals surface area (Å²) in [4.78, 5) is 17.2. The van der Waals surface area contributed by atoms with Gasteiger partial charge >= 0.3 is 5.97 Å². The molecule has 2 aromatic rings. The molecule has 0 saturated carbocycles. The van der Waals surface area contributed by atoms with Crippen LogP contribution in [0.4, 0.5) is 0 Å². The summed E-state index contributed by atoms with van der Waals surface area (Å²) in [6, 6.07) is 5.26. The van der Waals surface area contributed by atoms with Gasteiger partial charge < -0.3 is 10.1 Å². The number of carbonyl (C=O) groups is 1. The second-order valence-corrected chi connectivity index (χ2v) is 3.19. The molecule has 0 amide bonds. The topological polar surface area (TPSA) is 89.8 Å². The summed E-state index contributed by atoms with van der Waals surface area (Å²) in [5, 5.41) is 17.5. The molecule has 15 heavy (non-hydrogen) atoms. The van der Waals surface area contributed by atoms with Crippen LogP contribution in [0.3, 0.4) is 0 Å². The van der Waals surface area contributed by atoms with Crippen LogP contribution in [0.2, 0.25) is 0 Å². The lowest BCUT2D eigenvalue weighted by Gasteiger charge is -1.94. The van der Waals surface area contributed by atoms with Gasteiger partial charge in [-0.2, -0.15) is 5.26 Å². The van der Waals surface area contributed by atoms with E-state index in [-0.39, 0.29) is 5.82 Å². The lowest BCUT2D eigenvalue weighted by molar-refractivity contribution is 0.0685. The van der Waals surface area contributed by atoms with Crippen molar-refractivity contribution in [3.8, 4) is 6.07 Å². The molecular formula is C10H7N3O2. The average molecular weight is 201 g/mol. The lowest BCUT2D eigenvalue weighted by atomic mass is 10.1. The number of aryl methyl sites for hydroxylation is 1. The first-order chi connectivity index (χ1) is 7.11. The second-order valence-electron chi connectivity index (χ2n) is 3.19. The molecule has 0 saturated heterocycles. The fourth-order valence-corrected chi connectivity index (χ4v) is 1.46. The quantitative estimate of drug-likeness (QED) is 0.730. The summed E-state index contributed by atoms with van der Waals surface area (Å²) in [6.45, 7) is 1.79. The van der Waals surface area contributed by atoms with Gasteiger partial charge in [-0.05, 0) is 24.6 Å². The number of nitrogens with zero attached hydrogens (tertiary/aromatic N) is 2. The van der Waals surface area contributed by atoms with Crippen molar-refractivity contribution in [3.05, 3.63) is 29.1 Å². The molecular weight excluding hydrogens is 194 g/mol. The first-order valence-electron chi connectivity index (χ1n) is 4.25. The van der Waals surface area contributed by atoms with Crippen molar-refractivity contribution in [2.24, 2.45) is 0 Å². The van der Waals surface area contributed by atoms with E-state index in [9.17, 15) is 4.79 Å². The number of hydrogen-bond donors (Lipinski definition) is 2. The highest BCUT2D eigenvalue weighted by molar-refractivity contribution is 5.90. The monoisotopic (exact) mass is 201 g/mol. The third-order valence-corrected chi connectivity index (χ3v) is 2.11. The molecule has 0 radical (unpaired) electrons. The standard InChI is InChI=1S/C10H7N3O2/c1-5-2-6(4-11)3-7-8(5)13-9(12-7)10(14)15/h2-3H,1H3,(H,12,13)(H,14,15). The molecule has 0 bridgehead atoms. The van der Waals surface area contributed by atoms with E-state index < -0.39 is 5.97 Å². The van der Waals surface area contributed by atoms with Crippen molar-refractivity contribution in [1.29, 1.82) is 5.26 Å². The minimum absolute atomic E-state index is 0.108. The average Bonchev–Trinajstić information content (AvgIpc) is 2.61. The van der Waals surface area contributed by atoms with Gasteiger partial charge in [0.15, 0.2) is 0 Å². The van der Waals surface area contributed by atoms with E-state index in [1.165, 1.54) is 0 Å². The van der Waals surface area contributed by atoms with E-state index in [4.69, 9.17) is 10.4 Å². The minimum Gasteiger partial charge on any atom is -0.475 e. The number of H-pyrrole nitrogens is 1. The van der Waals surface area contributed by atoms with Gasteiger partial charge in [0, 0.05) is 0 Å². The number of benzene rings is 1. The zero-order valence-corrected chi connectivity index (χ0v) is 7.90. The van der Waals surface area contributed by atoms with Gasteiger partial charge in [-0.15, -0.1) is 0 Å². The van der Waals surface area contributed by atoms with Crippen LogP contribution < -0.4 is 0 Å². The van der Waals surface area contributed by atoms with E-state index in [1.807, 2.05) is 6.07 Å². The van der Waals surface area contributed by atoms with Gasteiger partial charge in [0.25, 0.3) is 0 Å². The van der Waals surface area contributed by atoms with Crippen LogP contribution in [0.1, 0.15) is 21.7 Å². The third kappa shape index (κ3) is 1.42. The van der Waals surface area contributed by atoms with Gasteiger partial charge in [-0.3, -0.25) is 0 Å². The first kappa shape index (κ1) is 9.21. The third-order valence-electron chi connectivity index (χ3n) is 2.11. The van der Waals surface area contributed by atoms with Crippen LogP contribution >= 0.6 is 0 Å². The summed E-state index contributed by atoms with van der Waals surface area (Å²) in [6.07, 6.45) is 0. The summed E-state index contributed by atoms with van der Waals surface area (Å²) in [5.74, 6) is -1.22. The molecule has 0 fully saturated rings. The Bertz CT molecular complexity index is 592. The Kier molecular flexibility index (Phi) is 1.90. The van der Waals surface area contributed by atoms with Gasteiger partial charge in [0.05, 0.1) is 22.7 Å². The van der Waals surface area contributed by atoms with E-state index in [1.54, 1.807) is 19.1 Å². The number of fused-ring (bicyclic) bond motifs is 1. The van der Waals surface area contributed by atoms with Crippen molar-refractivity contribution in [2.75, 3.05) is 0 Å². The fraction of sp³-hybridized carbons (Fsp3) is 0.100. The Morgan fingerprint density at radius 1 is 1.60 bits per heavy atom. The number of aromatic amines is 1. The number of aromatic carboxylic acids is 1. The maximum atomic E-state index is 10.7. The van der Waals surface area contributed by atoms with Crippen LogP contribution in [0.25, 0.3) is 11.0 Å². The summed E-state index contributed by atoms with van der Waals surface area (Å²) in [7, 11) is 0. The number of aromatic nitrogens is 2. The predicted molar refractivity (Wildman–Crippen MR) is 52.5 cm³/mol. The first-order valence-corrected chi connectivity index (χ1v) is 4.25. The number of nitrogens with one attached hydrogen (secondary N) is 1. The molecule has 0 spiro atoms. The molecule has 0 unspecified atom stereocenters. The molecule has 1 aromatic heterocycles. The van der Waals surface area contributed by atoms with E-state index in [2.05, 4.69) is 9.97 Å². The highest BCUT2D eigenvalue weighted by Gasteiger charge is 2.11. The molecule has 1 aromatic carbocycles. The van der Waals surface area contributed by atoms with Gasteiger partial charge in [0.2, 0.25) is 5.82 Å². The van der Waals surface area contributed by atoms with Crippen molar-refractivity contribution in [3.63, 3.8) is 0 Å². The van der Waals surface area contributed by atoms with Crippen molar-refractivity contribution >= 4 is 17.0 Å². The van der Waals surface area contributed by atoms with Crippen LogP contribution in [-0.4, -0.2) is 21.0 Å². The van der Waals surface area contributed by atoms with Gasteiger partial charge in [0.1, 0.15) is 0 Å². The molecule has 2 rings (SSSR count). The molecule has 1 heterocycles. The molecule has 2 N–H and O–H groups in total. The molecule has 5 nitrogen and oxygen atoms in total. The van der Waals surface area contributed by atoms with E-state index in [0.29, 0.717) is 16.6 Å². The number of nitriles is 1. The maximum Gasteiger partial charge on any atom is 0.371 e. The Balaban J connectivity index is 2.76. The van der Waals surface area contributed by atoms with Gasteiger partial charge in [-0.1, -0.05) is 0 Å². The summed E-state index contributed by atoms with van der Waals surface area (Å²) >= 11 is 0. The van der Waals surface area contributed by atoms with Crippen molar-refractivity contribution in [1.82, 2.24) is 9.97 Å². The Labute approximate surface area is 85.0 Å². The van der Waals surface area contributed by atoms with E-state index in [0.717, 1.165) is 5.56 Å². The van der Waals surface area contributed by atoms with Crippen molar-refractivity contribution < 1.29 is 9.90 Å². The van der Waals surface area contributed by atoms with Crippen molar-refractivity contribution in [2.45, 2.75) is 6.92 Å². The fourth-order valence-electron chi connectivity index (χ4n) is 1.46. The maximum absolute atomic E-state index is 10.7. The largest absolute Gasteiger partial charge is 0.475 e. The summed E-state index contributed by atoms with van der Waals surface area (Å²) in [5.41, 5.74) is 2.43. The Hall–Kier alpha value is -2.35. The van der Waals surface area contributed by atoms with Crippen LogP contribution in [0.15, 0.2) is 12.1 Å². The smallest absolute Gasteiger partial charge is 0.371 e. The predicted octanol–water partition coefficient (Wildman–Crippen LogP) is 1.44. The van der Waals surface area contributed by atoms with Crippen LogP contribution in [0.5, 0.6) is 0 Å². The minimum atomic E-state index is -1.11. The molecule has 0 aliphatic rings. The normalized spacial score (nSPS) is 10.1. The van der Waals surface area contributed by atoms with E-state index >= 15 is 0 Å². The zero-order chi connectivity index (χ0) is 11.0. The number of imidazole rings is 1. The highest BCUT2D eigenvalue weighted by atomic mass is 16.4. The number of carboxylic acid groups (broad SMARTS) is 1. The Morgan fingerprint density at radius 2 is 2.33 bits per heavy atom. The molecule has 0 aliphatic heterocycles. The number of rotatable bonds is 1. The summed E-state index contributed by atoms with van der Waals surface area (Å²) < 4.78 is 0. The molecule has 0 atom stereocenters. The number of carboxylic acids is 1. The van der Waals surface area contributed by atoms with Crippen LogP contribution in [-0.2, 0) is 0 Å². The Morgan fingerprint density at radius 3 is 2.93 bits per heavy atom. The SMILES string of the molecule is Cc1cc(C#N)cc2[nH]c(C(=O)O)nc12. The molecule has 0 aliphatic carbocycles. The highest BCUT2D eigenvalue weighted by Crippen LogP contribution is 2.18. The second kappa shape index (κ2) is 3.10. The van der Waals surface area contributed by atoms with Gasteiger partial charge in [-0.25, -0.2) is 9.78 Å². The lowest BCUT2D eigenvalue weighted by Crippen LogP contribution is -1.97. The van der Waals surface area contributed by atoms with Crippen LogP contribution in [0, 0.1) is 18.3 Å². The molecule has 74 valence electrons. The number of hydrogen-bond acceptors (Lipinski definition) is 3.